The van der Waals surface area contributed by atoms with E-state index in [1.165, 1.54) is 17.4 Å². The summed E-state index contributed by atoms with van der Waals surface area (Å²) < 4.78 is 7.70. The summed E-state index contributed by atoms with van der Waals surface area (Å²) in [7, 11) is 3.45. The number of carbonyl (C=O) groups is 1. The van der Waals surface area contributed by atoms with Gasteiger partial charge in [0.25, 0.3) is 0 Å². The number of aryl methyl sites for hydroxylation is 1. The molecule has 0 radical (unpaired) electrons. The molecule has 1 atom stereocenters. The molecule has 2 heterocycles. The van der Waals surface area contributed by atoms with Gasteiger partial charge in [0.2, 0.25) is 5.91 Å². The zero-order valence-electron chi connectivity index (χ0n) is 12.5. The second kappa shape index (κ2) is 7.58. The number of amides is 1. The van der Waals surface area contributed by atoms with Gasteiger partial charge in [-0.15, -0.1) is 11.3 Å². The Balaban J connectivity index is 2.31. The highest BCUT2D eigenvalue weighted by atomic mass is 35.5. The third-order valence-electron chi connectivity index (χ3n) is 3.22. The van der Waals surface area contributed by atoms with Gasteiger partial charge in [0.05, 0.1) is 29.7 Å². The summed E-state index contributed by atoms with van der Waals surface area (Å²) in [6, 6.07) is 3.52. The van der Waals surface area contributed by atoms with E-state index in [1.54, 1.807) is 22.9 Å². The fourth-order valence-corrected chi connectivity index (χ4v) is 3.29. The topological polar surface area (TPSA) is 47.4 Å². The van der Waals surface area contributed by atoms with Crippen LogP contribution in [-0.2, 0) is 23.1 Å². The third-order valence-corrected chi connectivity index (χ3v) is 4.44. The van der Waals surface area contributed by atoms with Crippen LogP contribution in [0.5, 0.6) is 0 Å². The van der Waals surface area contributed by atoms with E-state index in [9.17, 15) is 4.79 Å². The van der Waals surface area contributed by atoms with Crippen LogP contribution < -0.4 is 0 Å². The first-order valence-electron chi connectivity index (χ1n) is 6.70. The third kappa shape index (κ3) is 3.97. The van der Waals surface area contributed by atoms with Crippen LogP contribution in [0.25, 0.3) is 0 Å². The van der Waals surface area contributed by atoms with Gasteiger partial charge < -0.3 is 9.64 Å². The number of ether oxygens (including phenoxy) is 1. The van der Waals surface area contributed by atoms with Crippen LogP contribution >= 0.6 is 22.9 Å². The zero-order chi connectivity index (χ0) is 16.1. The molecule has 0 saturated heterocycles. The summed E-state index contributed by atoms with van der Waals surface area (Å²) in [6.07, 6.45) is 4.94. The van der Waals surface area contributed by atoms with E-state index in [4.69, 9.17) is 16.3 Å². The van der Waals surface area contributed by atoms with E-state index < -0.39 is 0 Å². The monoisotopic (exact) mass is 339 g/mol. The summed E-state index contributed by atoms with van der Waals surface area (Å²) >= 11 is 7.43. The molecule has 2 aromatic heterocycles. The average Bonchev–Trinajstić information content (AvgIpc) is 3.10. The molecule has 0 saturated carbocycles. The lowest BCUT2D eigenvalue weighted by Gasteiger charge is -2.29. The number of halogens is 1. The Morgan fingerprint density at radius 1 is 1.64 bits per heavy atom. The van der Waals surface area contributed by atoms with Crippen molar-refractivity contribution in [1.29, 1.82) is 0 Å². The average molecular weight is 340 g/mol. The maximum Gasteiger partial charge on any atom is 0.246 e. The van der Waals surface area contributed by atoms with Crippen LogP contribution in [0.4, 0.5) is 0 Å². The molecule has 2 aromatic rings. The summed E-state index contributed by atoms with van der Waals surface area (Å²) in [6.45, 7) is 4.42. The Bertz CT molecular complexity index is 653. The molecule has 0 aliphatic heterocycles. The van der Waals surface area contributed by atoms with Crippen molar-refractivity contribution in [2.75, 3.05) is 13.7 Å². The number of rotatable bonds is 7. The van der Waals surface area contributed by atoms with Crippen LogP contribution in [-0.4, -0.2) is 34.3 Å². The molecule has 5 nitrogen and oxygen atoms in total. The standard InChI is InChI=1S/C15H18ClN3O2S/c1-4-15(20)19(9-12-5-6-14(16)22-12)13(10-21-3)11-7-17-18(2)8-11/h4-8,13H,1,9-10H2,2-3H3. The summed E-state index contributed by atoms with van der Waals surface area (Å²) in [5, 5.41) is 4.18. The first-order valence-corrected chi connectivity index (χ1v) is 7.89. The van der Waals surface area contributed by atoms with E-state index >= 15 is 0 Å². The smallest absolute Gasteiger partial charge is 0.246 e. The van der Waals surface area contributed by atoms with E-state index in [2.05, 4.69) is 11.7 Å². The lowest BCUT2D eigenvalue weighted by molar-refractivity contribution is -0.130. The number of hydrogen-bond acceptors (Lipinski definition) is 4. The van der Waals surface area contributed by atoms with Gasteiger partial charge in [0.1, 0.15) is 0 Å². The number of thiophene rings is 1. The molecule has 118 valence electrons. The largest absolute Gasteiger partial charge is 0.382 e. The van der Waals surface area contributed by atoms with Crippen molar-refractivity contribution in [2.45, 2.75) is 12.6 Å². The predicted octanol–water partition coefficient (Wildman–Crippen LogP) is 3.04. The molecular weight excluding hydrogens is 322 g/mol. The molecule has 1 amide bonds. The molecule has 0 aromatic carbocycles. The van der Waals surface area contributed by atoms with Gasteiger partial charge in [-0.25, -0.2) is 0 Å². The maximum absolute atomic E-state index is 12.3. The molecule has 0 N–H and O–H groups in total. The van der Waals surface area contributed by atoms with Crippen molar-refractivity contribution in [3.05, 3.63) is 52.0 Å². The highest BCUT2D eigenvalue weighted by molar-refractivity contribution is 7.16. The van der Waals surface area contributed by atoms with Gasteiger partial charge in [-0.05, 0) is 18.2 Å². The lowest BCUT2D eigenvalue weighted by atomic mass is 10.1. The predicted molar refractivity (Wildman–Crippen MR) is 87.9 cm³/mol. The van der Waals surface area contributed by atoms with Crippen molar-refractivity contribution in [2.24, 2.45) is 7.05 Å². The molecular formula is C15H18ClN3O2S. The van der Waals surface area contributed by atoms with Crippen molar-refractivity contribution >= 4 is 28.8 Å². The Morgan fingerprint density at radius 2 is 2.41 bits per heavy atom. The van der Waals surface area contributed by atoms with Crippen molar-refractivity contribution in [3.8, 4) is 0 Å². The molecule has 7 heteroatoms. The molecule has 0 spiro atoms. The molecule has 0 bridgehead atoms. The number of aromatic nitrogens is 2. The molecule has 1 unspecified atom stereocenters. The van der Waals surface area contributed by atoms with Crippen molar-refractivity contribution < 1.29 is 9.53 Å². The summed E-state index contributed by atoms with van der Waals surface area (Å²) in [4.78, 5) is 15.0. The fraction of sp³-hybridized carbons (Fsp3) is 0.333. The first kappa shape index (κ1) is 16.7. The van der Waals surface area contributed by atoms with Gasteiger partial charge >= 0.3 is 0 Å². The van der Waals surface area contributed by atoms with Crippen molar-refractivity contribution in [1.82, 2.24) is 14.7 Å². The maximum atomic E-state index is 12.3. The molecule has 0 aliphatic rings. The normalized spacial score (nSPS) is 12.1. The minimum atomic E-state index is -0.231. The van der Waals surface area contributed by atoms with Crippen LogP contribution in [0, 0.1) is 0 Å². The lowest BCUT2D eigenvalue weighted by Crippen LogP contribution is -2.35. The Hall–Kier alpha value is -1.63. The molecule has 0 aliphatic carbocycles. The van der Waals surface area contributed by atoms with E-state index in [0.717, 1.165) is 10.4 Å². The fourth-order valence-electron chi connectivity index (χ4n) is 2.20. The Labute approximate surface area is 138 Å². The Kier molecular flexibility index (Phi) is 5.76. The highest BCUT2D eigenvalue weighted by Gasteiger charge is 2.25. The summed E-state index contributed by atoms with van der Waals surface area (Å²) in [5.41, 5.74) is 0.919. The SMILES string of the molecule is C=CC(=O)N(Cc1ccc(Cl)s1)C(COC)c1cnn(C)c1. The zero-order valence-corrected chi connectivity index (χ0v) is 14.1. The van der Waals surface area contributed by atoms with Gasteiger partial charge in [-0.2, -0.15) is 5.10 Å². The quantitative estimate of drug-likeness (QED) is 0.728. The van der Waals surface area contributed by atoms with E-state index in [1.807, 2.05) is 25.4 Å². The minimum Gasteiger partial charge on any atom is -0.382 e. The molecule has 2 rings (SSSR count). The first-order chi connectivity index (χ1) is 10.5. The van der Waals surface area contributed by atoms with Gasteiger partial charge in [-0.1, -0.05) is 18.2 Å². The minimum absolute atomic E-state index is 0.157. The van der Waals surface area contributed by atoms with E-state index in [0.29, 0.717) is 17.5 Å². The number of hydrogen-bond donors (Lipinski definition) is 0. The van der Waals surface area contributed by atoms with Gasteiger partial charge in [-0.3, -0.25) is 9.48 Å². The van der Waals surface area contributed by atoms with Crippen LogP contribution in [0.15, 0.2) is 37.2 Å². The number of carbonyl (C=O) groups excluding carboxylic acids is 1. The van der Waals surface area contributed by atoms with E-state index in [-0.39, 0.29) is 11.9 Å². The van der Waals surface area contributed by atoms with Crippen LogP contribution in [0.2, 0.25) is 4.34 Å². The van der Waals surface area contributed by atoms with Crippen LogP contribution in [0.3, 0.4) is 0 Å². The second-order valence-corrected chi connectivity index (χ2v) is 6.59. The number of nitrogens with zero attached hydrogens (tertiary/aromatic N) is 3. The number of methoxy groups -OCH3 is 1. The summed E-state index contributed by atoms with van der Waals surface area (Å²) in [5.74, 6) is -0.157. The van der Waals surface area contributed by atoms with Crippen LogP contribution in [0.1, 0.15) is 16.5 Å². The Morgan fingerprint density at radius 3 is 2.91 bits per heavy atom. The molecule has 22 heavy (non-hydrogen) atoms. The highest BCUT2D eigenvalue weighted by Crippen LogP contribution is 2.28. The van der Waals surface area contributed by atoms with Crippen molar-refractivity contribution in [3.63, 3.8) is 0 Å². The van der Waals surface area contributed by atoms with Gasteiger partial charge in [0.15, 0.2) is 0 Å². The molecule has 0 fully saturated rings. The second-order valence-electron chi connectivity index (χ2n) is 4.79. The van der Waals surface area contributed by atoms with Gasteiger partial charge in [0, 0.05) is 30.8 Å².